The fourth-order valence-corrected chi connectivity index (χ4v) is 6.99. The van der Waals surface area contributed by atoms with Gasteiger partial charge in [-0.15, -0.1) is 0 Å². The molecule has 1 rings (SSSR count). The number of ether oxygens (including phenoxy) is 1. The van der Waals surface area contributed by atoms with Gasteiger partial charge in [0.05, 0.1) is 53.3 Å². The number of amides is 2. The fourth-order valence-electron chi connectivity index (χ4n) is 2.50. The fraction of sp³-hybridized carbons (Fsp3) is 0.556. The molecular weight excluding hydrogens is 767 g/mol. The van der Waals surface area contributed by atoms with E-state index in [1.807, 2.05) is 67.8 Å². The maximum Gasteiger partial charge on any atom is 0.253 e. The SMILES string of the molecule is COC(NC(CO)CO)c1c(I)c(NC(=O)[C@H](C)O)c(I)c(C(=O)NC(CO)CO)c1I. The molecule has 0 aliphatic heterocycles. The molecule has 11 nitrogen and oxygen atoms in total. The second-order valence-corrected chi connectivity index (χ2v) is 9.89. The van der Waals surface area contributed by atoms with Gasteiger partial charge in [-0.1, -0.05) is 0 Å². The van der Waals surface area contributed by atoms with Crippen LogP contribution in [0.1, 0.15) is 29.1 Å². The summed E-state index contributed by atoms with van der Waals surface area (Å²) in [6, 6.07) is -1.61. The van der Waals surface area contributed by atoms with E-state index in [-0.39, 0.29) is 24.5 Å². The molecule has 0 saturated heterocycles. The molecule has 32 heavy (non-hydrogen) atoms. The maximum absolute atomic E-state index is 13.0. The van der Waals surface area contributed by atoms with Gasteiger partial charge in [0, 0.05) is 19.8 Å². The van der Waals surface area contributed by atoms with E-state index < -0.39 is 49.4 Å². The summed E-state index contributed by atoms with van der Waals surface area (Å²) in [4.78, 5) is 25.3. The molecule has 0 saturated carbocycles. The van der Waals surface area contributed by atoms with Crippen LogP contribution in [0.25, 0.3) is 0 Å². The van der Waals surface area contributed by atoms with Crippen LogP contribution in [0.4, 0.5) is 5.69 Å². The van der Waals surface area contributed by atoms with Crippen molar-refractivity contribution in [2.75, 3.05) is 38.9 Å². The first kappa shape index (κ1) is 30.1. The zero-order valence-corrected chi connectivity index (χ0v) is 23.7. The summed E-state index contributed by atoms with van der Waals surface area (Å²) in [7, 11) is 1.40. The molecule has 0 fully saturated rings. The van der Waals surface area contributed by atoms with Crippen LogP contribution in [0, 0.1) is 10.7 Å². The minimum atomic E-state index is -1.31. The van der Waals surface area contributed by atoms with Crippen molar-refractivity contribution in [3.05, 3.63) is 21.8 Å². The third kappa shape index (κ3) is 7.54. The highest BCUT2D eigenvalue weighted by Gasteiger charge is 2.31. The summed E-state index contributed by atoms with van der Waals surface area (Å²) in [5.41, 5.74) is 0.870. The summed E-state index contributed by atoms with van der Waals surface area (Å²) < 4.78 is 6.85. The first-order valence-corrected chi connectivity index (χ1v) is 12.5. The van der Waals surface area contributed by atoms with Gasteiger partial charge in [0.1, 0.15) is 12.3 Å². The second-order valence-electron chi connectivity index (χ2n) is 6.65. The molecule has 14 heteroatoms. The Labute approximate surface area is 226 Å². The molecule has 0 bridgehead atoms. The number of hydrogen-bond donors (Lipinski definition) is 8. The third-order valence-electron chi connectivity index (χ3n) is 4.31. The number of aliphatic hydroxyl groups excluding tert-OH is 5. The molecule has 1 aromatic rings. The number of hydrogen-bond acceptors (Lipinski definition) is 9. The third-order valence-corrected chi connectivity index (χ3v) is 7.63. The lowest BCUT2D eigenvalue weighted by Crippen LogP contribution is -2.42. The lowest BCUT2D eigenvalue weighted by atomic mass is 10.1. The van der Waals surface area contributed by atoms with Gasteiger partial charge in [0.2, 0.25) is 0 Å². The number of benzene rings is 1. The zero-order valence-electron chi connectivity index (χ0n) is 17.2. The molecule has 0 radical (unpaired) electrons. The predicted molar refractivity (Wildman–Crippen MR) is 141 cm³/mol. The van der Waals surface area contributed by atoms with Gasteiger partial charge in [-0.2, -0.15) is 0 Å². The minimum Gasteiger partial charge on any atom is -0.395 e. The Hall–Kier alpha value is 0.0700. The van der Waals surface area contributed by atoms with Gasteiger partial charge >= 0.3 is 0 Å². The highest BCUT2D eigenvalue weighted by atomic mass is 127. The topological polar surface area (TPSA) is 181 Å². The van der Waals surface area contributed by atoms with Crippen LogP contribution in [0.5, 0.6) is 0 Å². The predicted octanol–water partition coefficient (Wildman–Crippen LogP) is -0.509. The van der Waals surface area contributed by atoms with Crippen LogP contribution in [0.15, 0.2) is 0 Å². The Bertz CT molecular complexity index is 804. The van der Waals surface area contributed by atoms with E-state index in [2.05, 4.69) is 16.0 Å². The highest BCUT2D eigenvalue weighted by molar-refractivity contribution is 14.1. The molecule has 8 N–H and O–H groups in total. The Morgan fingerprint density at radius 3 is 1.91 bits per heavy atom. The Morgan fingerprint density at radius 1 is 0.938 bits per heavy atom. The van der Waals surface area contributed by atoms with Gasteiger partial charge < -0.3 is 40.9 Å². The molecule has 0 heterocycles. The molecule has 0 aliphatic carbocycles. The van der Waals surface area contributed by atoms with Gasteiger partial charge in [-0.25, -0.2) is 0 Å². The van der Waals surface area contributed by atoms with Gasteiger partial charge in [0.25, 0.3) is 11.8 Å². The van der Waals surface area contributed by atoms with Crippen LogP contribution in [-0.2, 0) is 9.53 Å². The minimum absolute atomic E-state index is 0.155. The van der Waals surface area contributed by atoms with Crippen LogP contribution in [0.3, 0.4) is 0 Å². The molecule has 2 atom stereocenters. The smallest absolute Gasteiger partial charge is 0.253 e. The van der Waals surface area contributed by atoms with Gasteiger partial charge in [-0.05, 0) is 74.7 Å². The summed E-state index contributed by atoms with van der Waals surface area (Å²) in [6.07, 6.45) is -2.19. The molecule has 182 valence electrons. The number of anilines is 1. The molecule has 2 amide bonds. The van der Waals surface area contributed by atoms with Gasteiger partial charge in [-0.3, -0.25) is 14.9 Å². The van der Waals surface area contributed by atoms with Crippen molar-refractivity contribution in [2.24, 2.45) is 0 Å². The zero-order chi connectivity index (χ0) is 24.6. The lowest BCUT2D eigenvalue weighted by Gasteiger charge is -2.28. The average molecular weight is 793 g/mol. The number of nitrogens with one attached hydrogen (secondary N) is 3. The Kier molecular flexibility index (Phi) is 13.6. The Balaban J connectivity index is 3.72. The van der Waals surface area contributed by atoms with Crippen LogP contribution in [-0.4, -0.2) is 89.1 Å². The van der Waals surface area contributed by atoms with Crippen molar-refractivity contribution in [1.29, 1.82) is 0 Å². The van der Waals surface area contributed by atoms with Crippen LogP contribution >= 0.6 is 67.8 Å². The molecule has 1 unspecified atom stereocenters. The van der Waals surface area contributed by atoms with E-state index in [1.165, 1.54) is 14.0 Å². The number of carbonyl (C=O) groups excluding carboxylic acids is 2. The van der Waals surface area contributed by atoms with Crippen molar-refractivity contribution < 1.29 is 39.9 Å². The summed E-state index contributed by atoms with van der Waals surface area (Å²) >= 11 is 5.82. The Morgan fingerprint density at radius 2 is 1.47 bits per heavy atom. The monoisotopic (exact) mass is 793 g/mol. The summed E-state index contributed by atoms with van der Waals surface area (Å²) in [6.45, 7) is -0.399. The normalized spacial score (nSPS) is 13.4. The maximum atomic E-state index is 13.0. The van der Waals surface area contributed by atoms with Crippen molar-refractivity contribution in [2.45, 2.75) is 31.3 Å². The van der Waals surface area contributed by atoms with E-state index in [9.17, 15) is 35.1 Å². The number of aliphatic hydroxyl groups is 5. The van der Waals surface area contributed by atoms with E-state index >= 15 is 0 Å². The van der Waals surface area contributed by atoms with E-state index in [0.717, 1.165) is 0 Å². The van der Waals surface area contributed by atoms with Crippen LogP contribution in [0.2, 0.25) is 0 Å². The van der Waals surface area contributed by atoms with Crippen LogP contribution < -0.4 is 16.0 Å². The van der Waals surface area contributed by atoms with Crippen molar-refractivity contribution >= 4 is 85.3 Å². The van der Waals surface area contributed by atoms with Crippen molar-refractivity contribution in [3.63, 3.8) is 0 Å². The van der Waals surface area contributed by atoms with E-state index in [1.54, 1.807) is 0 Å². The number of rotatable bonds is 12. The molecule has 1 aromatic carbocycles. The first-order chi connectivity index (χ1) is 15.1. The highest BCUT2D eigenvalue weighted by Crippen LogP contribution is 2.39. The standard InChI is InChI=1S/C18H26I3N3O8/c1-7(29)16(30)24-15-13(20)10(17(31)22-8(3-25)4-26)12(19)11(14(15)21)18(32-2)23-9(5-27)6-28/h7-9,18,23,25-29H,3-6H2,1-2H3,(H,22,31)(H,24,30)/t7-,18?/m0/s1. The van der Waals surface area contributed by atoms with Gasteiger partial charge in [0.15, 0.2) is 0 Å². The summed E-state index contributed by atoms with van der Waals surface area (Å²) in [5.74, 6) is -1.29. The van der Waals surface area contributed by atoms with E-state index in [0.29, 0.717) is 16.3 Å². The number of carbonyl (C=O) groups is 2. The average Bonchev–Trinajstić information content (AvgIpc) is 2.76. The summed E-state index contributed by atoms with van der Waals surface area (Å²) in [5, 5.41) is 55.3. The van der Waals surface area contributed by atoms with E-state index in [4.69, 9.17) is 4.74 Å². The first-order valence-electron chi connectivity index (χ1n) is 9.30. The molecular formula is C18H26I3N3O8. The molecule has 0 aromatic heterocycles. The molecule has 0 spiro atoms. The quantitative estimate of drug-likeness (QED) is 0.102. The lowest BCUT2D eigenvalue weighted by molar-refractivity contribution is -0.123. The van der Waals surface area contributed by atoms with Crippen molar-refractivity contribution in [3.8, 4) is 0 Å². The molecule has 0 aliphatic rings. The van der Waals surface area contributed by atoms with Crippen molar-refractivity contribution in [1.82, 2.24) is 10.6 Å². The number of methoxy groups -OCH3 is 1. The number of halogens is 3. The largest absolute Gasteiger partial charge is 0.395 e. The second kappa shape index (κ2) is 14.5.